The molecule has 0 N–H and O–H groups in total. The Morgan fingerprint density at radius 3 is 2.11 bits per heavy atom. The normalized spacial score (nSPS) is 16.8. The molecule has 0 atom stereocenters. The maximum Gasteiger partial charge on any atom is 0.131 e. The summed E-state index contributed by atoms with van der Waals surface area (Å²) in [4.78, 5) is 2.31. The van der Waals surface area contributed by atoms with E-state index >= 15 is 0 Å². The van der Waals surface area contributed by atoms with Crippen LogP contribution in [0.2, 0.25) is 0 Å². The number of ether oxygens (including phenoxy) is 2. The fourth-order valence-corrected chi connectivity index (χ4v) is 2.97. The number of rotatable bonds is 5. The van der Waals surface area contributed by atoms with Gasteiger partial charge in [0.2, 0.25) is 0 Å². The first-order valence-electron chi connectivity index (χ1n) is 6.90. The Kier molecular flexibility index (Phi) is 3.77. The van der Waals surface area contributed by atoms with Crippen molar-refractivity contribution in [3.8, 4) is 11.5 Å². The van der Waals surface area contributed by atoms with Crippen molar-refractivity contribution >= 4 is 0 Å². The minimum absolute atomic E-state index is 0.154. The summed E-state index contributed by atoms with van der Waals surface area (Å²) >= 11 is 0. The first-order chi connectivity index (χ1) is 8.97. The topological polar surface area (TPSA) is 21.7 Å². The van der Waals surface area contributed by atoms with Crippen LogP contribution in [0.3, 0.4) is 0 Å². The first kappa shape index (κ1) is 14.2. The molecule has 0 radical (unpaired) electrons. The number of hydrogen-bond acceptors (Lipinski definition) is 3. The summed E-state index contributed by atoms with van der Waals surface area (Å²) in [6.07, 6.45) is 2.39. The zero-order valence-electron chi connectivity index (χ0n) is 12.9. The molecule has 1 aliphatic carbocycles. The third-order valence-corrected chi connectivity index (χ3v) is 4.24. The van der Waals surface area contributed by atoms with Crippen LogP contribution in [0.15, 0.2) is 12.1 Å². The molecule has 0 saturated heterocycles. The molecule has 106 valence electrons. The van der Waals surface area contributed by atoms with Gasteiger partial charge in [-0.2, -0.15) is 0 Å². The summed E-state index contributed by atoms with van der Waals surface area (Å²) in [5, 5.41) is 0. The number of benzene rings is 1. The lowest BCUT2D eigenvalue weighted by Crippen LogP contribution is -2.28. The van der Waals surface area contributed by atoms with Gasteiger partial charge in [-0.3, -0.25) is 4.90 Å². The van der Waals surface area contributed by atoms with Gasteiger partial charge in [-0.05, 0) is 45.0 Å². The van der Waals surface area contributed by atoms with Gasteiger partial charge in [-0.1, -0.05) is 13.8 Å². The Morgan fingerprint density at radius 2 is 1.74 bits per heavy atom. The first-order valence-corrected chi connectivity index (χ1v) is 6.90. The van der Waals surface area contributed by atoms with Crippen LogP contribution < -0.4 is 9.47 Å². The Hall–Kier alpha value is -1.22. The van der Waals surface area contributed by atoms with Crippen molar-refractivity contribution in [3.63, 3.8) is 0 Å². The second kappa shape index (κ2) is 5.04. The fourth-order valence-electron chi connectivity index (χ4n) is 2.97. The van der Waals surface area contributed by atoms with Crippen molar-refractivity contribution in [2.75, 3.05) is 28.3 Å². The maximum atomic E-state index is 5.75. The van der Waals surface area contributed by atoms with E-state index in [0.717, 1.165) is 11.5 Å². The largest absolute Gasteiger partial charge is 0.496 e. The van der Waals surface area contributed by atoms with Crippen LogP contribution >= 0.6 is 0 Å². The lowest BCUT2D eigenvalue weighted by molar-refractivity contribution is 0.264. The molecule has 1 aliphatic rings. The second-order valence-electron chi connectivity index (χ2n) is 5.84. The smallest absolute Gasteiger partial charge is 0.131 e. The lowest BCUT2D eigenvalue weighted by atomic mass is 9.93. The van der Waals surface area contributed by atoms with E-state index in [-0.39, 0.29) is 5.54 Å². The van der Waals surface area contributed by atoms with E-state index in [1.807, 2.05) is 0 Å². The maximum absolute atomic E-state index is 5.75. The van der Waals surface area contributed by atoms with E-state index in [1.165, 1.54) is 24.0 Å². The van der Waals surface area contributed by atoms with Crippen molar-refractivity contribution in [1.29, 1.82) is 0 Å². The van der Waals surface area contributed by atoms with Gasteiger partial charge in [0, 0.05) is 16.7 Å². The van der Waals surface area contributed by atoms with Crippen LogP contribution in [0.1, 0.15) is 43.7 Å². The van der Waals surface area contributed by atoms with Gasteiger partial charge in [-0.15, -0.1) is 0 Å². The quantitative estimate of drug-likeness (QED) is 0.813. The zero-order valence-corrected chi connectivity index (χ0v) is 12.9. The van der Waals surface area contributed by atoms with Crippen LogP contribution in [0, 0.1) is 0 Å². The molecule has 1 fully saturated rings. The molecule has 3 heteroatoms. The van der Waals surface area contributed by atoms with Crippen molar-refractivity contribution in [2.45, 2.75) is 38.1 Å². The van der Waals surface area contributed by atoms with Gasteiger partial charge in [0.25, 0.3) is 0 Å². The summed E-state index contributed by atoms with van der Waals surface area (Å²) in [5.74, 6) is 2.30. The highest BCUT2D eigenvalue weighted by atomic mass is 16.5. The average Bonchev–Trinajstić information content (AvgIpc) is 3.17. The van der Waals surface area contributed by atoms with Gasteiger partial charge in [-0.25, -0.2) is 0 Å². The summed E-state index contributed by atoms with van der Waals surface area (Å²) in [5.41, 5.74) is 2.63. The molecule has 2 rings (SSSR count). The van der Waals surface area contributed by atoms with Crippen molar-refractivity contribution < 1.29 is 9.47 Å². The highest BCUT2D eigenvalue weighted by Crippen LogP contribution is 2.55. The van der Waals surface area contributed by atoms with Crippen LogP contribution in [-0.2, 0) is 5.54 Å². The zero-order chi connectivity index (χ0) is 14.2. The Balaban J connectivity index is 2.61. The highest BCUT2D eigenvalue weighted by molar-refractivity contribution is 5.55. The molecule has 0 aliphatic heterocycles. The van der Waals surface area contributed by atoms with Gasteiger partial charge < -0.3 is 9.47 Å². The van der Waals surface area contributed by atoms with Gasteiger partial charge >= 0.3 is 0 Å². The Morgan fingerprint density at radius 1 is 1.11 bits per heavy atom. The van der Waals surface area contributed by atoms with Gasteiger partial charge in [0.05, 0.1) is 14.2 Å². The molecule has 1 saturated carbocycles. The molecule has 0 bridgehead atoms. The fraction of sp³-hybridized carbons (Fsp3) is 0.625. The molecule has 0 amide bonds. The number of hydrogen-bond donors (Lipinski definition) is 0. The van der Waals surface area contributed by atoms with Crippen molar-refractivity contribution in [2.24, 2.45) is 0 Å². The molecule has 3 nitrogen and oxygen atoms in total. The summed E-state index contributed by atoms with van der Waals surface area (Å²) in [6.45, 7) is 4.36. The Bertz CT molecular complexity index is 462. The third kappa shape index (κ3) is 2.20. The van der Waals surface area contributed by atoms with E-state index in [2.05, 4.69) is 45.0 Å². The average molecular weight is 263 g/mol. The molecular formula is C16H25NO2. The Labute approximate surface area is 116 Å². The molecular weight excluding hydrogens is 238 g/mol. The molecule has 1 aromatic rings. The minimum Gasteiger partial charge on any atom is -0.496 e. The molecule has 0 unspecified atom stereocenters. The van der Waals surface area contributed by atoms with Gasteiger partial charge in [0.1, 0.15) is 11.5 Å². The predicted octanol–water partition coefficient (Wildman–Crippen LogP) is 3.38. The SMILES string of the molecule is COc1ccc(C2(N(C)C)CC2)c(OC)c1C(C)C. The third-order valence-electron chi connectivity index (χ3n) is 4.24. The lowest BCUT2D eigenvalue weighted by Gasteiger charge is -2.28. The van der Waals surface area contributed by atoms with Crippen molar-refractivity contribution in [3.05, 3.63) is 23.3 Å². The predicted molar refractivity (Wildman–Crippen MR) is 78.2 cm³/mol. The van der Waals surface area contributed by atoms with E-state index in [9.17, 15) is 0 Å². The minimum atomic E-state index is 0.154. The van der Waals surface area contributed by atoms with Crippen molar-refractivity contribution in [1.82, 2.24) is 4.90 Å². The molecule has 19 heavy (non-hydrogen) atoms. The monoisotopic (exact) mass is 263 g/mol. The van der Waals surface area contributed by atoms with Crippen LogP contribution in [0.25, 0.3) is 0 Å². The van der Waals surface area contributed by atoms with E-state index in [0.29, 0.717) is 5.92 Å². The highest BCUT2D eigenvalue weighted by Gasteiger charge is 2.48. The molecule has 0 aromatic heterocycles. The van der Waals surface area contributed by atoms with E-state index in [1.54, 1.807) is 14.2 Å². The van der Waals surface area contributed by atoms with Gasteiger partial charge in [0.15, 0.2) is 0 Å². The van der Waals surface area contributed by atoms with Crippen LogP contribution in [0.5, 0.6) is 11.5 Å². The van der Waals surface area contributed by atoms with Crippen LogP contribution in [-0.4, -0.2) is 33.2 Å². The standard InChI is InChI=1S/C16H25NO2/c1-11(2)14-13(18-5)8-7-12(15(14)19-6)16(9-10-16)17(3)4/h7-8,11H,9-10H2,1-6H3. The van der Waals surface area contributed by atoms with Crippen LogP contribution in [0.4, 0.5) is 0 Å². The molecule has 0 heterocycles. The summed E-state index contributed by atoms with van der Waals surface area (Å²) < 4.78 is 11.3. The summed E-state index contributed by atoms with van der Waals surface area (Å²) in [6, 6.07) is 4.24. The molecule has 1 aromatic carbocycles. The summed E-state index contributed by atoms with van der Waals surface area (Å²) in [7, 11) is 7.77. The number of methoxy groups -OCH3 is 2. The molecule has 0 spiro atoms. The number of nitrogens with zero attached hydrogens (tertiary/aromatic N) is 1. The second-order valence-corrected chi connectivity index (χ2v) is 5.84. The van der Waals surface area contributed by atoms with E-state index < -0.39 is 0 Å². The van der Waals surface area contributed by atoms with E-state index in [4.69, 9.17) is 9.47 Å².